The smallest absolute Gasteiger partial charge is 0.336 e. The van der Waals surface area contributed by atoms with Crippen molar-refractivity contribution in [1.82, 2.24) is 9.21 Å². The van der Waals surface area contributed by atoms with Gasteiger partial charge in [0.25, 0.3) is 0 Å². The van der Waals surface area contributed by atoms with Crippen LogP contribution in [0.15, 0.2) is 44.4 Å². The lowest BCUT2D eigenvalue weighted by atomic mass is 10.2. The van der Waals surface area contributed by atoms with Gasteiger partial charge in [-0.15, -0.1) is 0 Å². The first-order valence-electron chi connectivity index (χ1n) is 6.69. The molecule has 21 heavy (non-hydrogen) atoms. The number of fused-ring (bicyclic) bond motifs is 1. The van der Waals surface area contributed by atoms with E-state index >= 15 is 0 Å². The second kappa shape index (κ2) is 5.25. The molecular formula is C14H16N2O4S. The summed E-state index contributed by atoms with van der Waals surface area (Å²) < 4.78 is 31.8. The molecule has 1 fully saturated rings. The van der Waals surface area contributed by atoms with Crippen molar-refractivity contribution in [3.05, 3.63) is 40.8 Å². The average molecular weight is 308 g/mol. The van der Waals surface area contributed by atoms with Crippen LogP contribution < -0.4 is 5.63 Å². The molecule has 6 nitrogen and oxygen atoms in total. The first-order valence-corrected chi connectivity index (χ1v) is 8.13. The Balaban J connectivity index is 1.99. The summed E-state index contributed by atoms with van der Waals surface area (Å²) in [5, 5.41) is 0.602. The number of hydrogen-bond donors (Lipinski definition) is 0. The largest absolute Gasteiger partial charge is 0.423 e. The van der Waals surface area contributed by atoms with E-state index in [9.17, 15) is 13.2 Å². The minimum absolute atomic E-state index is 0.230. The summed E-state index contributed by atoms with van der Waals surface area (Å²) in [7, 11) is -1.53. The van der Waals surface area contributed by atoms with Crippen LogP contribution in [0.1, 0.15) is 0 Å². The number of hydrogen-bond acceptors (Lipinski definition) is 5. The Kier molecular flexibility index (Phi) is 3.56. The molecule has 1 aromatic carbocycles. The van der Waals surface area contributed by atoms with Crippen molar-refractivity contribution < 1.29 is 12.8 Å². The highest BCUT2D eigenvalue weighted by atomic mass is 32.2. The summed E-state index contributed by atoms with van der Waals surface area (Å²) in [6, 6.07) is 7.42. The highest BCUT2D eigenvalue weighted by Crippen LogP contribution is 2.21. The van der Waals surface area contributed by atoms with Crippen molar-refractivity contribution in [3.63, 3.8) is 0 Å². The van der Waals surface area contributed by atoms with Crippen molar-refractivity contribution >= 4 is 21.0 Å². The van der Waals surface area contributed by atoms with Crippen LogP contribution in [-0.4, -0.2) is 50.8 Å². The lowest BCUT2D eigenvalue weighted by Crippen LogP contribution is -2.46. The summed E-state index contributed by atoms with van der Waals surface area (Å²) in [5.74, 6) is 0. The monoisotopic (exact) mass is 308 g/mol. The Hall–Kier alpha value is -1.70. The molecule has 0 aliphatic carbocycles. The van der Waals surface area contributed by atoms with Gasteiger partial charge in [-0.1, -0.05) is 0 Å². The molecule has 0 spiro atoms. The van der Waals surface area contributed by atoms with Gasteiger partial charge in [0.05, 0.1) is 4.90 Å². The molecule has 7 heteroatoms. The standard InChI is InChI=1S/C14H16N2O4S/c1-15-6-8-16(9-7-15)21(18,19)12-3-4-13-11(10-12)2-5-14(17)20-13/h2-5,10H,6-9H2,1H3. The Morgan fingerprint density at radius 3 is 2.48 bits per heavy atom. The van der Waals surface area contributed by atoms with E-state index in [0.29, 0.717) is 24.1 Å². The predicted octanol–water partition coefficient (Wildman–Crippen LogP) is 0.729. The fourth-order valence-electron chi connectivity index (χ4n) is 2.39. The third kappa shape index (κ3) is 2.72. The summed E-state index contributed by atoms with van der Waals surface area (Å²) in [5.41, 5.74) is -0.0583. The van der Waals surface area contributed by atoms with Gasteiger partial charge in [0, 0.05) is 37.6 Å². The van der Waals surface area contributed by atoms with Crippen LogP contribution in [0.3, 0.4) is 0 Å². The molecule has 0 atom stereocenters. The fraction of sp³-hybridized carbons (Fsp3) is 0.357. The van der Waals surface area contributed by atoms with E-state index in [4.69, 9.17) is 4.42 Å². The third-order valence-electron chi connectivity index (χ3n) is 3.69. The van der Waals surface area contributed by atoms with Crippen LogP contribution in [0.4, 0.5) is 0 Å². The minimum Gasteiger partial charge on any atom is -0.423 e. The number of benzene rings is 1. The van der Waals surface area contributed by atoms with Crippen LogP contribution in [0.25, 0.3) is 11.0 Å². The molecular weight excluding hydrogens is 292 g/mol. The van der Waals surface area contributed by atoms with E-state index in [1.165, 1.54) is 22.5 Å². The molecule has 2 aromatic rings. The zero-order valence-electron chi connectivity index (χ0n) is 11.7. The summed E-state index contributed by atoms with van der Waals surface area (Å²) in [6.07, 6.45) is 0. The Morgan fingerprint density at radius 2 is 1.76 bits per heavy atom. The van der Waals surface area contributed by atoms with Gasteiger partial charge in [-0.05, 0) is 31.3 Å². The molecule has 0 N–H and O–H groups in total. The van der Waals surface area contributed by atoms with Crippen LogP contribution in [0, 0.1) is 0 Å². The number of rotatable bonds is 2. The topological polar surface area (TPSA) is 70.8 Å². The van der Waals surface area contributed by atoms with Gasteiger partial charge < -0.3 is 9.32 Å². The third-order valence-corrected chi connectivity index (χ3v) is 5.59. The maximum Gasteiger partial charge on any atom is 0.336 e. The Morgan fingerprint density at radius 1 is 1.05 bits per heavy atom. The van der Waals surface area contributed by atoms with Crippen molar-refractivity contribution in [3.8, 4) is 0 Å². The lowest BCUT2D eigenvalue weighted by molar-refractivity contribution is 0.222. The zero-order chi connectivity index (χ0) is 15.0. The van der Waals surface area contributed by atoms with E-state index < -0.39 is 15.6 Å². The van der Waals surface area contributed by atoms with E-state index in [0.717, 1.165) is 13.1 Å². The maximum absolute atomic E-state index is 12.6. The quantitative estimate of drug-likeness (QED) is 0.765. The van der Waals surface area contributed by atoms with Crippen LogP contribution in [-0.2, 0) is 10.0 Å². The zero-order valence-corrected chi connectivity index (χ0v) is 12.5. The van der Waals surface area contributed by atoms with Crippen molar-refractivity contribution in [2.45, 2.75) is 4.90 Å². The fourth-order valence-corrected chi connectivity index (χ4v) is 3.85. The molecule has 1 aliphatic rings. The molecule has 3 rings (SSSR count). The lowest BCUT2D eigenvalue weighted by Gasteiger charge is -2.31. The average Bonchev–Trinajstić information content (AvgIpc) is 2.47. The summed E-state index contributed by atoms with van der Waals surface area (Å²) >= 11 is 0. The van der Waals surface area contributed by atoms with Crippen molar-refractivity contribution in [2.75, 3.05) is 33.2 Å². The van der Waals surface area contributed by atoms with Crippen LogP contribution >= 0.6 is 0 Å². The Bertz CT molecular complexity index is 820. The first-order chi connectivity index (χ1) is 9.96. The molecule has 0 amide bonds. The molecule has 0 saturated carbocycles. The second-order valence-electron chi connectivity index (χ2n) is 5.16. The molecule has 0 unspecified atom stereocenters. The summed E-state index contributed by atoms with van der Waals surface area (Å²) in [4.78, 5) is 13.5. The summed E-state index contributed by atoms with van der Waals surface area (Å²) in [6.45, 7) is 2.42. The van der Waals surface area contributed by atoms with E-state index in [2.05, 4.69) is 4.90 Å². The van der Waals surface area contributed by atoms with E-state index in [-0.39, 0.29) is 4.90 Å². The predicted molar refractivity (Wildman–Crippen MR) is 78.7 cm³/mol. The molecule has 2 heterocycles. The molecule has 1 saturated heterocycles. The van der Waals surface area contributed by atoms with Crippen molar-refractivity contribution in [1.29, 1.82) is 0 Å². The van der Waals surface area contributed by atoms with Gasteiger partial charge in [-0.3, -0.25) is 0 Å². The SMILES string of the molecule is CN1CCN(S(=O)(=O)c2ccc3oc(=O)ccc3c2)CC1. The normalized spacial score (nSPS) is 18.1. The highest BCUT2D eigenvalue weighted by Gasteiger charge is 2.27. The van der Waals surface area contributed by atoms with Gasteiger partial charge in [-0.25, -0.2) is 13.2 Å². The van der Waals surface area contributed by atoms with Crippen LogP contribution in [0.5, 0.6) is 0 Å². The maximum atomic E-state index is 12.6. The molecule has 0 radical (unpaired) electrons. The van der Waals surface area contributed by atoms with E-state index in [1.807, 2.05) is 7.05 Å². The highest BCUT2D eigenvalue weighted by molar-refractivity contribution is 7.89. The number of likely N-dealkylation sites (N-methyl/N-ethyl adjacent to an activating group) is 1. The Labute approximate surface area is 122 Å². The molecule has 1 aliphatic heterocycles. The van der Waals surface area contributed by atoms with E-state index in [1.54, 1.807) is 12.1 Å². The first kappa shape index (κ1) is 14.2. The van der Waals surface area contributed by atoms with Gasteiger partial charge in [-0.2, -0.15) is 4.31 Å². The van der Waals surface area contributed by atoms with Gasteiger partial charge in [0.2, 0.25) is 10.0 Å². The van der Waals surface area contributed by atoms with Crippen molar-refractivity contribution in [2.24, 2.45) is 0 Å². The van der Waals surface area contributed by atoms with Crippen LogP contribution in [0.2, 0.25) is 0 Å². The van der Waals surface area contributed by atoms with Gasteiger partial charge in [0.15, 0.2) is 0 Å². The second-order valence-corrected chi connectivity index (χ2v) is 7.10. The molecule has 0 bridgehead atoms. The number of sulfonamides is 1. The number of nitrogens with zero attached hydrogens (tertiary/aromatic N) is 2. The van der Waals surface area contributed by atoms with Gasteiger partial charge in [0.1, 0.15) is 5.58 Å². The molecule has 112 valence electrons. The van der Waals surface area contributed by atoms with Gasteiger partial charge >= 0.3 is 5.63 Å². The number of piperazine rings is 1. The molecule has 1 aromatic heterocycles. The minimum atomic E-state index is -3.50.